The molecule has 1 N–H and O–H groups in total. The molecule has 2 rings (SSSR count). The fourth-order valence-corrected chi connectivity index (χ4v) is 3.08. The molecule has 0 atom stereocenters. The number of ether oxygens (including phenoxy) is 2. The SMILES string of the molecule is COC(=O)c1sc(NC(=O)Cc2nnnn2C)c(C(=O)OC)c1C. The lowest BCUT2D eigenvalue weighted by atomic mass is 10.1. The van der Waals surface area contributed by atoms with Gasteiger partial charge in [0, 0.05) is 7.05 Å². The number of hydrogen-bond donors (Lipinski definition) is 1. The number of hydrogen-bond acceptors (Lipinski definition) is 9. The Hall–Kier alpha value is -2.82. The topological polar surface area (TPSA) is 125 Å². The van der Waals surface area contributed by atoms with E-state index in [2.05, 4.69) is 25.6 Å². The number of nitrogens with one attached hydrogen (secondary N) is 1. The summed E-state index contributed by atoms with van der Waals surface area (Å²) < 4.78 is 10.8. The number of rotatable bonds is 5. The summed E-state index contributed by atoms with van der Waals surface area (Å²) in [4.78, 5) is 36.2. The summed E-state index contributed by atoms with van der Waals surface area (Å²) in [6, 6.07) is 0. The number of carbonyl (C=O) groups excluding carboxylic acids is 3. The summed E-state index contributed by atoms with van der Waals surface area (Å²) in [7, 11) is 4.06. The molecule has 0 aliphatic heterocycles. The van der Waals surface area contributed by atoms with Crippen LogP contribution in [0.5, 0.6) is 0 Å². The van der Waals surface area contributed by atoms with Gasteiger partial charge in [0.25, 0.3) is 0 Å². The standard InChI is InChI=1S/C13H15N5O5S/c1-6-9(12(20)22-3)11(24-10(6)13(21)23-4)14-8(19)5-7-15-16-17-18(7)2/h5H2,1-4H3,(H,14,19). The molecule has 10 nitrogen and oxygen atoms in total. The highest BCUT2D eigenvalue weighted by molar-refractivity contribution is 7.18. The lowest BCUT2D eigenvalue weighted by Crippen LogP contribution is -2.18. The van der Waals surface area contributed by atoms with Crippen molar-refractivity contribution in [3.63, 3.8) is 0 Å². The van der Waals surface area contributed by atoms with Gasteiger partial charge in [-0.05, 0) is 22.9 Å². The van der Waals surface area contributed by atoms with Crippen LogP contribution in [0.4, 0.5) is 5.00 Å². The van der Waals surface area contributed by atoms with Crippen LogP contribution >= 0.6 is 11.3 Å². The minimum absolute atomic E-state index is 0.0887. The van der Waals surface area contributed by atoms with E-state index >= 15 is 0 Å². The summed E-state index contributed by atoms with van der Waals surface area (Å²) in [5.74, 6) is -1.33. The van der Waals surface area contributed by atoms with Crippen molar-refractivity contribution in [1.29, 1.82) is 0 Å². The number of esters is 2. The van der Waals surface area contributed by atoms with Gasteiger partial charge < -0.3 is 14.8 Å². The average molecular weight is 353 g/mol. The van der Waals surface area contributed by atoms with Gasteiger partial charge >= 0.3 is 11.9 Å². The lowest BCUT2D eigenvalue weighted by molar-refractivity contribution is -0.115. The number of aromatic nitrogens is 4. The summed E-state index contributed by atoms with van der Waals surface area (Å²) in [5, 5.41) is 13.6. The van der Waals surface area contributed by atoms with Gasteiger partial charge in [0.05, 0.1) is 26.2 Å². The largest absolute Gasteiger partial charge is 0.465 e. The fourth-order valence-electron chi connectivity index (χ4n) is 1.95. The van der Waals surface area contributed by atoms with E-state index in [9.17, 15) is 14.4 Å². The second kappa shape index (κ2) is 7.17. The zero-order valence-corrected chi connectivity index (χ0v) is 14.3. The predicted octanol–water partition coefficient (Wildman–Crippen LogP) is 0.334. The molecule has 128 valence electrons. The van der Waals surface area contributed by atoms with Crippen molar-refractivity contribution in [2.24, 2.45) is 7.05 Å². The van der Waals surface area contributed by atoms with Crippen LogP contribution < -0.4 is 5.32 Å². The van der Waals surface area contributed by atoms with E-state index in [-0.39, 0.29) is 21.9 Å². The van der Waals surface area contributed by atoms with Gasteiger partial charge in [0.2, 0.25) is 5.91 Å². The Labute approximate surface area is 140 Å². The minimum Gasteiger partial charge on any atom is -0.465 e. The number of carbonyl (C=O) groups is 3. The first kappa shape index (κ1) is 17.5. The van der Waals surface area contributed by atoms with Crippen molar-refractivity contribution in [3.05, 3.63) is 21.8 Å². The Morgan fingerprint density at radius 3 is 2.42 bits per heavy atom. The Morgan fingerprint density at radius 1 is 1.21 bits per heavy atom. The molecular formula is C13H15N5O5S. The molecule has 0 aliphatic rings. The first-order chi connectivity index (χ1) is 11.4. The molecule has 2 heterocycles. The van der Waals surface area contributed by atoms with Crippen LogP contribution in [0.15, 0.2) is 0 Å². The highest BCUT2D eigenvalue weighted by Gasteiger charge is 2.27. The normalized spacial score (nSPS) is 10.3. The Bertz CT molecular complexity index is 797. The average Bonchev–Trinajstić information content (AvgIpc) is 3.09. The number of anilines is 1. The molecular weight excluding hydrogens is 338 g/mol. The number of thiophene rings is 1. The second-order valence-electron chi connectivity index (χ2n) is 4.69. The summed E-state index contributed by atoms with van der Waals surface area (Å²) in [6.07, 6.45) is -0.0887. The molecule has 1 amide bonds. The van der Waals surface area contributed by atoms with E-state index in [1.54, 1.807) is 14.0 Å². The van der Waals surface area contributed by atoms with Gasteiger partial charge in [-0.25, -0.2) is 14.3 Å². The summed E-state index contributed by atoms with van der Waals surface area (Å²) >= 11 is 0.942. The molecule has 2 aromatic heterocycles. The first-order valence-electron chi connectivity index (χ1n) is 6.70. The smallest absolute Gasteiger partial charge is 0.348 e. The van der Waals surface area contributed by atoms with Crippen LogP contribution in [0.1, 0.15) is 31.4 Å². The van der Waals surface area contributed by atoms with Gasteiger partial charge in [-0.3, -0.25) is 4.79 Å². The second-order valence-corrected chi connectivity index (χ2v) is 5.71. The lowest BCUT2D eigenvalue weighted by Gasteiger charge is -2.05. The Kier molecular flexibility index (Phi) is 5.24. The Morgan fingerprint density at radius 2 is 1.88 bits per heavy atom. The quantitative estimate of drug-likeness (QED) is 0.763. The van der Waals surface area contributed by atoms with E-state index < -0.39 is 17.8 Å². The van der Waals surface area contributed by atoms with Gasteiger partial charge in [0.1, 0.15) is 9.88 Å². The molecule has 0 fully saturated rings. The van der Waals surface area contributed by atoms with E-state index in [0.29, 0.717) is 11.4 Å². The van der Waals surface area contributed by atoms with Crippen LogP contribution in [0.3, 0.4) is 0 Å². The number of aryl methyl sites for hydroxylation is 1. The predicted molar refractivity (Wildman–Crippen MR) is 82.9 cm³/mol. The van der Waals surface area contributed by atoms with E-state index in [1.165, 1.54) is 18.9 Å². The number of methoxy groups -OCH3 is 2. The van der Waals surface area contributed by atoms with Crippen molar-refractivity contribution in [2.75, 3.05) is 19.5 Å². The fraction of sp³-hybridized carbons (Fsp3) is 0.385. The maximum absolute atomic E-state index is 12.2. The first-order valence-corrected chi connectivity index (χ1v) is 7.51. The van der Waals surface area contributed by atoms with Crippen molar-refractivity contribution >= 4 is 34.2 Å². The van der Waals surface area contributed by atoms with Crippen molar-refractivity contribution in [1.82, 2.24) is 20.2 Å². The van der Waals surface area contributed by atoms with Crippen molar-refractivity contribution in [2.45, 2.75) is 13.3 Å². The molecule has 24 heavy (non-hydrogen) atoms. The molecule has 0 unspecified atom stereocenters. The molecule has 11 heteroatoms. The highest BCUT2D eigenvalue weighted by Crippen LogP contribution is 2.34. The third-order valence-electron chi connectivity index (χ3n) is 3.19. The van der Waals surface area contributed by atoms with E-state index in [1.807, 2.05) is 0 Å². The van der Waals surface area contributed by atoms with Gasteiger partial charge in [-0.1, -0.05) is 0 Å². The monoisotopic (exact) mass is 353 g/mol. The van der Waals surface area contributed by atoms with Crippen LogP contribution in [0.2, 0.25) is 0 Å². The van der Waals surface area contributed by atoms with E-state index in [4.69, 9.17) is 4.74 Å². The number of nitrogens with zero attached hydrogens (tertiary/aromatic N) is 4. The third-order valence-corrected chi connectivity index (χ3v) is 4.37. The third kappa shape index (κ3) is 3.40. The zero-order valence-electron chi connectivity index (χ0n) is 13.4. The van der Waals surface area contributed by atoms with Gasteiger partial charge in [0.15, 0.2) is 5.82 Å². The molecule has 0 radical (unpaired) electrons. The van der Waals surface area contributed by atoms with Crippen LogP contribution in [-0.4, -0.2) is 52.3 Å². The van der Waals surface area contributed by atoms with E-state index in [0.717, 1.165) is 11.3 Å². The molecule has 0 spiro atoms. The van der Waals surface area contributed by atoms with Crippen LogP contribution in [-0.2, 0) is 27.7 Å². The zero-order chi connectivity index (χ0) is 17.9. The van der Waals surface area contributed by atoms with Crippen LogP contribution in [0.25, 0.3) is 0 Å². The van der Waals surface area contributed by atoms with Gasteiger partial charge in [-0.15, -0.1) is 16.4 Å². The maximum atomic E-state index is 12.2. The molecule has 0 saturated carbocycles. The van der Waals surface area contributed by atoms with Crippen molar-refractivity contribution < 1.29 is 23.9 Å². The summed E-state index contributed by atoms with van der Waals surface area (Å²) in [5.41, 5.74) is 0.502. The van der Waals surface area contributed by atoms with Gasteiger partial charge in [-0.2, -0.15) is 0 Å². The number of tetrazole rings is 1. The maximum Gasteiger partial charge on any atom is 0.348 e. The molecule has 0 bridgehead atoms. The summed E-state index contributed by atoms with van der Waals surface area (Å²) in [6.45, 7) is 1.58. The molecule has 0 saturated heterocycles. The molecule has 0 aromatic carbocycles. The molecule has 0 aliphatic carbocycles. The van der Waals surface area contributed by atoms with Crippen LogP contribution in [0, 0.1) is 6.92 Å². The van der Waals surface area contributed by atoms with Crippen molar-refractivity contribution in [3.8, 4) is 0 Å². The Balaban J connectivity index is 2.31. The minimum atomic E-state index is -0.658. The highest BCUT2D eigenvalue weighted by atomic mass is 32.1. The molecule has 2 aromatic rings. The number of amides is 1.